The minimum absolute atomic E-state index is 0.278. The average molecular weight is 1070 g/mol. The third kappa shape index (κ3) is 13.9. The Hall–Kier alpha value is -4.20. The Kier molecular flexibility index (Phi) is 18.0. The Morgan fingerprint density at radius 1 is 0.545 bits per heavy atom. The second-order valence-corrected chi connectivity index (χ2v) is 21.7. The lowest BCUT2D eigenvalue weighted by Crippen LogP contribution is -2.14. The molecule has 13 heteroatoms. The normalized spacial score (nSPS) is 15.3. The maximum absolute atomic E-state index is 5.91. The number of fused-ring (bicyclic) bond motifs is 5. The molecule has 0 radical (unpaired) electrons. The van der Waals surface area contributed by atoms with Gasteiger partial charge in [-0.1, -0.05) is 122 Å². The fraction of sp³-hybridized carbons (Fsp3) is 0.340. The molecule has 7 aromatic heterocycles. The highest BCUT2D eigenvalue weighted by atomic mass is 127. The molecule has 0 spiro atoms. The smallest absolute Gasteiger partial charge is 0.137 e. The summed E-state index contributed by atoms with van der Waals surface area (Å²) >= 11 is 21.8. The number of hydrogen-bond donors (Lipinski definition) is 0. The summed E-state index contributed by atoms with van der Waals surface area (Å²) in [6.45, 7) is 23.6. The molecular formula is C53H60Cl3IN8S. The van der Waals surface area contributed by atoms with Crippen LogP contribution >= 0.6 is 69.2 Å². The molecule has 8 nitrogen and oxygen atoms in total. The van der Waals surface area contributed by atoms with Gasteiger partial charge >= 0.3 is 0 Å². The number of imidazole rings is 3. The van der Waals surface area contributed by atoms with Gasteiger partial charge in [0.05, 0.1) is 44.0 Å². The fourth-order valence-corrected chi connectivity index (χ4v) is 9.00. The quantitative estimate of drug-likeness (QED) is 0.161. The predicted octanol–water partition coefficient (Wildman–Crippen LogP) is 16.2. The second-order valence-electron chi connectivity index (χ2n) is 18.0. The Morgan fingerprint density at radius 3 is 1.65 bits per heavy atom. The molecule has 0 fully saturated rings. The van der Waals surface area contributed by atoms with Crippen molar-refractivity contribution in [2.24, 2.45) is 10.9 Å². The fourth-order valence-electron chi connectivity index (χ4n) is 6.80. The first-order valence-corrected chi connectivity index (χ1v) is 25.5. The first-order valence-electron chi connectivity index (χ1n) is 22.4. The van der Waals surface area contributed by atoms with Gasteiger partial charge in [-0.05, 0) is 125 Å². The van der Waals surface area contributed by atoms with Gasteiger partial charge in [-0.3, -0.25) is 9.98 Å². The van der Waals surface area contributed by atoms with Crippen LogP contribution in [0.5, 0.6) is 0 Å². The SMILES string of the molecule is CC(C)C1=NC2C=C(Cl)C=CC2S1.CC(C)c1ccc2cc(Cl)ccc2n1.CC(C)c1cn2cc(Cl)ccc2n1.CC(C)c1cn2cc(I)ccc2n1.Cc1ccc2nc(C(C)C)cn2c1. The highest BCUT2D eigenvalue weighted by molar-refractivity contribution is 14.1. The van der Waals surface area contributed by atoms with Crippen molar-refractivity contribution < 1.29 is 0 Å². The van der Waals surface area contributed by atoms with Crippen molar-refractivity contribution in [2.45, 2.75) is 111 Å². The van der Waals surface area contributed by atoms with Crippen LogP contribution in [0.25, 0.3) is 27.8 Å². The van der Waals surface area contributed by atoms with Crippen molar-refractivity contribution in [3.05, 3.63) is 169 Å². The zero-order valence-electron chi connectivity index (χ0n) is 39.6. The third-order valence-electron chi connectivity index (χ3n) is 10.7. The van der Waals surface area contributed by atoms with E-state index in [1.165, 1.54) is 14.2 Å². The van der Waals surface area contributed by atoms with Gasteiger partial charge in [0, 0.05) is 67.8 Å². The molecule has 1 aliphatic carbocycles. The first-order chi connectivity index (χ1) is 31.3. The number of pyridine rings is 4. The molecule has 0 bridgehead atoms. The van der Waals surface area contributed by atoms with E-state index >= 15 is 0 Å². The topological polar surface area (TPSA) is 77.1 Å². The van der Waals surface area contributed by atoms with E-state index < -0.39 is 0 Å². The molecule has 346 valence electrons. The minimum Gasteiger partial charge on any atom is -0.307 e. The maximum atomic E-state index is 5.91. The highest BCUT2D eigenvalue weighted by Gasteiger charge is 2.29. The zero-order chi connectivity index (χ0) is 47.8. The molecule has 2 unspecified atom stereocenters. The number of nitrogens with zero attached hydrogens (tertiary/aromatic N) is 8. The Morgan fingerprint density at radius 2 is 1.08 bits per heavy atom. The number of allylic oxidation sites excluding steroid dienone is 2. The van der Waals surface area contributed by atoms with Gasteiger partial charge in [-0.25, -0.2) is 15.0 Å². The Balaban J connectivity index is 0.000000136. The molecule has 66 heavy (non-hydrogen) atoms. The summed E-state index contributed by atoms with van der Waals surface area (Å²) in [5.41, 5.74) is 9.84. The predicted molar refractivity (Wildman–Crippen MR) is 292 cm³/mol. The lowest BCUT2D eigenvalue weighted by Gasteiger charge is -2.13. The maximum Gasteiger partial charge on any atom is 0.137 e. The monoisotopic (exact) mass is 1070 g/mol. The lowest BCUT2D eigenvalue weighted by molar-refractivity contribution is 0.830. The summed E-state index contributed by atoms with van der Waals surface area (Å²) in [4.78, 5) is 22.7. The number of thioether (sulfide) groups is 1. The van der Waals surface area contributed by atoms with Crippen molar-refractivity contribution in [1.29, 1.82) is 0 Å². The lowest BCUT2D eigenvalue weighted by atomic mass is 10.1. The van der Waals surface area contributed by atoms with Gasteiger partial charge in [0.15, 0.2) is 0 Å². The van der Waals surface area contributed by atoms with Crippen LogP contribution in [0, 0.1) is 16.4 Å². The standard InChI is InChI=1S/C12H12ClN.C11H14N2.C10H11ClN2.C10H12ClNS.C10H11IN2/c1-8(2)11-5-3-9-7-10(13)4-6-12(9)14-11;1-8(2)10-7-13-6-9(3)4-5-11(13)12-10;1-7(2)9-6-13-5-8(11)3-4-10(13)12-9;1-6(2)10-12-8-5-7(11)3-4-9(8)13-10;1-7(2)9-6-13-5-8(11)3-4-10(13)12-9/h3-8H,1-2H3;4-8H,1-3H3;3-7H,1-2H3;3-6,8-9H,1-2H3;3-7H,1-2H3. The van der Waals surface area contributed by atoms with Crippen LogP contribution in [-0.2, 0) is 0 Å². The highest BCUT2D eigenvalue weighted by Crippen LogP contribution is 2.35. The summed E-state index contributed by atoms with van der Waals surface area (Å²) in [6, 6.07) is 22.2. The van der Waals surface area contributed by atoms with Gasteiger partial charge < -0.3 is 13.2 Å². The summed E-state index contributed by atoms with van der Waals surface area (Å²) in [7, 11) is 0. The van der Waals surface area contributed by atoms with Crippen LogP contribution < -0.4 is 0 Å². The van der Waals surface area contributed by atoms with Crippen molar-refractivity contribution in [2.75, 3.05) is 0 Å². The number of rotatable bonds is 5. The van der Waals surface area contributed by atoms with Crippen LogP contribution in [0.4, 0.5) is 0 Å². The molecule has 2 aliphatic rings. The molecular weight excluding hydrogens is 1010 g/mol. The van der Waals surface area contributed by atoms with Gasteiger partial charge in [-0.2, -0.15) is 0 Å². The number of aryl methyl sites for hydroxylation is 1. The largest absolute Gasteiger partial charge is 0.307 e. The van der Waals surface area contributed by atoms with Crippen LogP contribution in [0.1, 0.15) is 121 Å². The molecule has 0 N–H and O–H groups in total. The van der Waals surface area contributed by atoms with Crippen LogP contribution in [0.2, 0.25) is 10.0 Å². The van der Waals surface area contributed by atoms with E-state index in [1.54, 1.807) is 0 Å². The molecule has 0 saturated carbocycles. The van der Waals surface area contributed by atoms with Gasteiger partial charge in [-0.15, -0.1) is 11.8 Å². The number of aromatic nitrogens is 7. The van der Waals surface area contributed by atoms with E-state index in [4.69, 9.17) is 34.8 Å². The number of aliphatic imine (C=N–C) groups is 1. The van der Waals surface area contributed by atoms with E-state index in [1.807, 2.05) is 77.1 Å². The molecule has 10 rings (SSSR count). The second kappa shape index (κ2) is 23.2. The number of halogens is 4. The summed E-state index contributed by atoms with van der Waals surface area (Å²) < 4.78 is 7.36. The van der Waals surface area contributed by atoms with E-state index in [0.717, 1.165) is 65.7 Å². The van der Waals surface area contributed by atoms with Crippen molar-refractivity contribution >= 4 is 102 Å². The van der Waals surface area contributed by atoms with E-state index in [9.17, 15) is 0 Å². The molecule has 1 aromatic carbocycles. The summed E-state index contributed by atoms with van der Waals surface area (Å²) in [6.07, 6.45) is 18.4. The number of benzene rings is 1. The summed E-state index contributed by atoms with van der Waals surface area (Å²) in [5.74, 6) is 2.46. The van der Waals surface area contributed by atoms with E-state index in [-0.39, 0.29) is 6.04 Å². The van der Waals surface area contributed by atoms with Crippen molar-refractivity contribution in [3.63, 3.8) is 0 Å². The van der Waals surface area contributed by atoms with Gasteiger partial charge in [0.2, 0.25) is 0 Å². The average Bonchev–Trinajstić information content (AvgIpc) is 4.08. The van der Waals surface area contributed by atoms with Crippen LogP contribution in [-0.4, -0.2) is 49.5 Å². The minimum atomic E-state index is 0.278. The number of hydrogen-bond acceptors (Lipinski definition) is 6. The Bertz CT molecular complexity index is 2800. The molecule has 8 aromatic rings. The molecule has 0 amide bonds. The first kappa shape index (κ1) is 51.2. The van der Waals surface area contributed by atoms with Gasteiger partial charge in [0.1, 0.15) is 16.9 Å². The summed E-state index contributed by atoms with van der Waals surface area (Å²) in [5, 5.41) is 5.15. The van der Waals surface area contributed by atoms with Crippen molar-refractivity contribution in [3.8, 4) is 0 Å². The molecule has 2 atom stereocenters. The zero-order valence-corrected chi connectivity index (χ0v) is 44.8. The van der Waals surface area contributed by atoms with Crippen LogP contribution in [0.15, 0.2) is 132 Å². The van der Waals surface area contributed by atoms with E-state index in [2.05, 4.69) is 194 Å². The third-order valence-corrected chi connectivity index (χ3v) is 13.5. The molecule has 8 heterocycles. The van der Waals surface area contributed by atoms with Gasteiger partial charge in [0.25, 0.3) is 0 Å². The molecule has 0 saturated heterocycles. The van der Waals surface area contributed by atoms with E-state index in [0.29, 0.717) is 34.8 Å². The Labute approximate surface area is 423 Å². The van der Waals surface area contributed by atoms with Crippen LogP contribution in [0.3, 0.4) is 0 Å². The molecule has 1 aliphatic heterocycles. The van der Waals surface area contributed by atoms with Crippen molar-refractivity contribution in [1.82, 2.24) is 33.1 Å².